The van der Waals surface area contributed by atoms with Crippen molar-refractivity contribution in [3.63, 3.8) is 0 Å². The van der Waals surface area contributed by atoms with Gasteiger partial charge in [0.15, 0.2) is 0 Å². The van der Waals surface area contributed by atoms with Crippen LogP contribution in [0.4, 0.5) is 0 Å². The number of likely N-dealkylation sites (tertiary alicyclic amines) is 1. The first kappa shape index (κ1) is 15.1. The summed E-state index contributed by atoms with van der Waals surface area (Å²) in [5.41, 5.74) is 1.50. The minimum atomic E-state index is 0.0787. The second-order valence-corrected chi connectivity index (χ2v) is 7.52. The van der Waals surface area contributed by atoms with E-state index in [4.69, 9.17) is 11.6 Å². The van der Waals surface area contributed by atoms with Crippen LogP contribution in [0.1, 0.15) is 49.5 Å². The highest BCUT2D eigenvalue weighted by molar-refractivity contribution is 6.38. The molecule has 1 N–H and O–H groups in total. The standard InChI is InChI=1S/C19H23ClN2O/c1-12-10-11-22(16-9-5-3-6-13(12)16)19(23)18-17(20)14-7-2-4-8-15(14)21-18/h2,4,7-8,12-13,16,21H,3,5-6,9-11H2,1H3/t12-,13-,16-/m1/s1. The van der Waals surface area contributed by atoms with Crippen molar-refractivity contribution in [2.24, 2.45) is 11.8 Å². The van der Waals surface area contributed by atoms with E-state index in [1.54, 1.807) is 0 Å². The number of rotatable bonds is 1. The number of benzene rings is 1. The summed E-state index contributed by atoms with van der Waals surface area (Å²) < 4.78 is 0. The molecule has 0 bridgehead atoms. The number of aromatic amines is 1. The SMILES string of the molecule is C[C@@H]1CCN(C(=O)c2[nH]c3ccccc3c2Cl)[C@@H]2CCCC[C@H]12. The van der Waals surface area contributed by atoms with Gasteiger partial charge in [0, 0.05) is 23.5 Å². The molecule has 1 aliphatic carbocycles. The molecular weight excluding hydrogens is 308 g/mol. The van der Waals surface area contributed by atoms with E-state index in [0.29, 0.717) is 22.7 Å². The second-order valence-electron chi connectivity index (χ2n) is 7.14. The van der Waals surface area contributed by atoms with E-state index in [2.05, 4.69) is 16.8 Å². The molecule has 0 unspecified atom stereocenters. The summed E-state index contributed by atoms with van der Waals surface area (Å²) in [5, 5.41) is 1.50. The molecule has 0 spiro atoms. The van der Waals surface area contributed by atoms with Crippen molar-refractivity contribution in [3.8, 4) is 0 Å². The third-order valence-corrected chi connectivity index (χ3v) is 6.25. The number of hydrogen-bond acceptors (Lipinski definition) is 1. The molecule has 3 atom stereocenters. The first-order chi connectivity index (χ1) is 11.2. The molecule has 1 aromatic carbocycles. The number of carbonyl (C=O) groups excluding carboxylic acids is 1. The van der Waals surface area contributed by atoms with Gasteiger partial charge in [0.2, 0.25) is 0 Å². The third kappa shape index (κ3) is 2.46. The Kier molecular flexibility index (Phi) is 3.84. The lowest BCUT2D eigenvalue weighted by Crippen LogP contribution is -2.52. The van der Waals surface area contributed by atoms with Gasteiger partial charge in [-0.3, -0.25) is 4.79 Å². The molecule has 3 nitrogen and oxygen atoms in total. The first-order valence-electron chi connectivity index (χ1n) is 8.74. The van der Waals surface area contributed by atoms with Crippen LogP contribution < -0.4 is 0 Å². The van der Waals surface area contributed by atoms with Crippen LogP contribution in [0.2, 0.25) is 5.02 Å². The molecule has 23 heavy (non-hydrogen) atoms. The van der Waals surface area contributed by atoms with Gasteiger partial charge in [0.1, 0.15) is 5.69 Å². The van der Waals surface area contributed by atoms with Gasteiger partial charge in [0.25, 0.3) is 5.91 Å². The maximum Gasteiger partial charge on any atom is 0.272 e. The summed E-state index contributed by atoms with van der Waals surface area (Å²) >= 11 is 6.50. The molecule has 2 fully saturated rings. The van der Waals surface area contributed by atoms with E-state index < -0.39 is 0 Å². The maximum atomic E-state index is 13.2. The summed E-state index contributed by atoms with van der Waals surface area (Å²) in [6.07, 6.45) is 6.04. The second kappa shape index (κ2) is 5.86. The minimum Gasteiger partial charge on any atom is -0.349 e. The van der Waals surface area contributed by atoms with E-state index in [1.807, 2.05) is 24.3 Å². The van der Waals surface area contributed by atoms with Crippen LogP contribution >= 0.6 is 11.6 Å². The van der Waals surface area contributed by atoms with E-state index in [1.165, 1.54) is 19.3 Å². The van der Waals surface area contributed by atoms with Crippen LogP contribution in [-0.2, 0) is 0 Å². The number of nitrogens with one attached hydrogen (secondary N) is 1. The lowest BCUT2D eigenvalue weighted by molar-refractivity contribution is 0.0214. The number of carbonyl (C=O) groups is 1. The van der Waals surface area contributed by atoms with Crippen molar-refractivity contribution in [3.05, 3.63) is 35.0 Å². The summed E-state index contributed by atoms with van der Waals surface area (Å²) in [5.74, 6) is 1.46. The van der Waals surface area contributed by atoms with Crippen molar-refractivity contribution >= 4 is 28.4 Å². The molecular formula is C19H23ClN2O. The van der Waals surface area contributed by atoms with E-state index >= 15 is 0 Å². The van der Waals surface area contributed by atoms with Crippen LogP contribution in [0, 0.1) is 11.8 Å². The van der Waals surface area contributed by atoms with Gasteiger partial charge in [-0.2, -0.15) is 0 Å². The summed E-state index contributed by atoms with van der Waals surface area (Å²) in [6.45, 7) is 3.20. The summed E-state index contributed by atoms with van der Waals surface area (Å²) in [4.78, 5) is 18.5. The minimum absolute atomic E-state index is 0.0787. The Morgan fingerprint density at radius 3 is 2.83 bits per heavy atom. The highest BCUT2D eigenvalue weighted by Gasteiger charge is 2.40. The number of amides is 1. The molecule has 4 heteroatoms. The van der Waals surface area contributed by atoms with Crippen molar-refractivity contribution in [1.29, 1.82) is 0 Å². The molecule has 1 aromatic heterocycles. The van der Waals surface area contributed by atoms with Gasteiger partial charge in [-0.15, -0.1) is 0 Å². The lowest BCUT2D eigenvalue weighted by Gasteiger charge is -2.47. The average Bonchev–Trinajstić information content (AvgIpc) is 2.92. The topological polar surface area (TPSA) is 36.1 Å². The number of para-hydroxylation sites is 1. The molecule has 2 heterocycles. The third-order valence-electron chi connectivity index (χ3n) is 5.86. The fourth-order valence-electron chi connectivity index (χ4n) is 4.56. The number of piperidine rings is 1. The fraction of sp³-hybridized carbons (Fsp3) is 0.526. The molecule has 2 aromatic rings. The average molecular weight is 331 g/mol. The highest BCUT2D eigenvalue weighted by atomic mass is 35.5. The number of halogens is 1. The molecule has 1 aliphatic heterocycles. The van der Waals surface area contributed by atoms with Gasteiger partial charge < -0.3 is 9.88 Å². The Hall–Kier alpha value is -1.48. The first-order valence-corrected chi connectivity index (χ1v) is 9.12. The zero-order valence-electron chi connectivity index (χ0n) is 13.5. The molecule has 1 saturated heterocycles. The number of nitrogens with zero attached hydrogens (tertiary/aromatic N) is 1. The van der Waals surface area contributed by atoms with Crippen LogP contribution in [0.15, 0.2) is 24.3 Å². The molecule has 1 saturated carbocycles. The number of H-pyrrole nitrogens is 1. The van der Waals surface area contributed by atoms with E-state index in [-0.39, 0.29) is 5.91 Å². The van der Waals surface area contributed by atoms with Crippen molar-refractivity contribution in [2.75, 3.05) is 6.54 Å². The van der Waals surface area contributed by atoms with Crippen LogP contribution in [0.5, 0.6) is 0 Å². The van der Waals surface area contributed by atoms with Crippen molar-refractivity contribution in [1.82, 2.24) is 9.88 Å². The van der Waals surface area contributed by atoms with Gasteiger partial charge in [0.05, 0.1) is 5.02 Å². The van der Waals surface area contributed by atoms with Gasteiger partial charge in [-0.1, -0.05) is 49.6 Å². The summed E-state index contributed by atoms with van der Waals surface area (Å²) in [6, 6.07) is 8.24. The van der Waals surface area contributed by atoms with Crippen LogP contribution in [0.25, 0.3) is 10.9 Å². The normalized spacial score (nSPS) is 27.9. The molecule has 122 valence electrons. The summed E-state index contributed by atoms with van der Waals surface area (Å²) in [7, 11) is 0. The van der Waals surface area contributed by atoms with Gasteiger partial charge >= 0.3 is 0 Å². The highest BCUT2D eigenvalue weighted by Crippen LogP contribution is 2.40. The molecule has 2 aliphatic rings. The number of hydrogen-bond donors (Lipinski definition) is 1. The Bertz CT molecular complexity index is 738. The zero-order chi connectivity index (χ0) is 16.0. The lowest BCUT2D eigenvalue weighted by atomic mass is 9.72. The molecule has 0 radical (unpaired) electrons. The van der Waals surface area contributed by atoms with Gasteiger partial charge in [-0.25, -0.2) is 0 Å². The van der Waals surface area contributed by atoms with Crippen LogP contribution in [0.3, 0.4) is 0 Å². The fourth-order valence-corrected chi connectivity index (χ4v) is 4.86. The predicted molar refractivity (Wildman–Crippen MR) is 93.9 cm³/mol. The van der Waals surface area contributed by atoms with E-state index in [0.717, 1.165) is 36.2 Å². The number of aromatic nitrogens is 1. The Balaban J connectivity index is 1.68. The Morgan fingerprint density at radius 2 is 2.00 bits per heavy atom. The monoisotopic (exact) mass is 330 g/mol. The van der Waals surface area contributed by atoms with Crippen molar-refractivity contribution < 1.29 is 4.79 Å². The maximum absolute atomic E-state index is 13.2. The largest absolute Gasteiger partial charge is 0.349 e. The smallest absolute Gasteiger partial charge is 0.272 e. The van der Waals surface area contributed by atoms with E-state index in [9.17, 15) is 4.79 Å². The van der Waals surface area contributed by atoms with Crippen molar-refractivity contribution in [2.45, 2.75) is 45.1 Å². The van der Waals surface area contributed by atoms with Gasteiger partial charge in [-0.05, 0) is 37.2 Å². The van der Waals surface area contributed by atoms with Crippen LogP contribution in [-0.4, -0.2) is 28.4 Å². The Labute approximate surface area is 142 Å². The molecule has 1 amide bonds. The number of fused-ring (bicyclic) bond motifs is 2. The predicted octanol–water partition coefficient (Wildman–Crippen LogP) is 4.86. The molecule has 4 rings (SSSR count). The Morgan fingerprint density at radius 1 is 1.22 bits per heavy atom. The zero-order valence-corrected chi connectivity index (χ0v) is 14.3. The quantitative estimate of drug-likeness (QED) is 0.796.